The third-order valence-corrected chi connectivity index (χ3v) is 1.60. The third kappa shape index (κ3) is 1.21. The van der Waals surface area contributed by atoms with Gasteiger partial charge < -0.3 is 0 Å². The van der Waals surface area contributed by atoms with Gasteiger partial charge in [-0.15, -0.1) is 0 Å². The lowest BCUT2D eigenvalue weighted by molar-refractivity contribution is 0.711. The molecule has 0 aromatic heterocycles. The molecule has 0 aliphatic heterocycles. The lowest BCUT2D eigenvalue weighted by Gasteiger charge is -1.94. The fourth-order valence-electron chi connectivity index (χ4n) is 1.16. The van der Waals surface area contributed by atoms with Crippen LogP contribution in [-0.2, 0) is 0 Å². The molecule has 0 heterocycles. The van der Waals surface area contributed by atoms with Crippen LogP contribution in [0.2, 0.25) is 0 Å². The van der Waals surface area contributed by atoms with Crippen molar-refractivity contribution < 1.29 is 0 Å². The van der Waals surface area contributed by atoms with E-state index in [1.165, 1.54) is 25.7 Å². The summed E-state index contributed by atoms with van der Waals surface area (Å²) in [5.41, 5.74) is 0. The molecule has 1 heteroatoms. The second-order valence-electron chi connectivity index (χ2n) is 2.23. The Bertz CT molecular complexity index is 106. The Balaban J connectivity index is 2.35. The van der Waals surface area contributed by atoms with Crippen LogP contribution in [0.5, 0.6) is 0 Å². The van der Waals surface area contributed by atoms with Crippen LogP contribution in [0, 0.1) is 0 Å². The fraction of sp³-hybridized carbons (Fsp3) is 0.714. The van der Waals surface area contributed by atoms with E-state index < -0.39 is 0 Å². The van der Waals surface area contributed by atoms with Gasteiger partial charge in [-0.05, 0) is 25.3 Å². The first kappa shape index (κ1) is 5.58. The quantitative estimate of drug-likeness (QED) is 0.455. The van der Waals surface area contributed by atoms with E-state index in [0.29, 0.717) is 6.04 Å². The smallest absolute Gasteiger partial charge is 0.0593 e. The van der Waals surface area contributed by atoms with Crippen LogP contribution in [0.3, 0.4) is 0 Å². The molecule has 1 aliphatic rings. The monoisotopic (exact) mass is 109 g/mol. The topological polar surface area (TPSA) is 12.4 Å². The van der Waals surface area contributed by atoms with E-state index in [-0.39, 0.29) is 0 Å². The molecule has 0 radical (unpaired) electrons. The molecule has 0 amide bonds. The Morgan fingerprint density at radius 2 is 2.00 bits per heavy atom. The molecule has 0 aromatic carbocycles. The number of nitrogens with zero attached hydrogens (tertiary/aromatic N) is 1. The summed E-state index contributed by atoms with van der Waals surface area (Å²) in [5, 5.41) is 0. The minimum Gasteiger partial charge on any atom is -0.240 e. The number of aliphatic imine (C=N–C) groups is 1. The molecule has 44 valence electrons. The summed E-state index contributed by atoms with van der Waals surface area (Å²) in [6, 6.07) is 0.562. The van der Waals surface area contributed by atoms with Gasteiger partial charge in [0.15, 0.2) is 0 Å². The highest BCUT2D eigenvalue weighted by molar-refractivity contribution is 5.46. The van der Waals surface area contributed by atoms with Crippen molar-refractivity contribution in [2.45, 2.75) is 31.7 Å². The van der Waals surface area contributed by atoms with Crippen LogP contribution >= 0.6 is 0 Å². The first-order chi connectivity index (χ1) is 3.93. The van der Waals surface area contributed by atoms with Crippen molar-refractivity contribution in [1.82, 2.24) is 0 Å². The summed E-state index contributed by atoms with van der Waals surface area (Å²) in [6.45, 7) is 3.43. The molecule has 0 atom stereocenters. The minimum atomic E-state index is 0.562. The van der Waals surface area contributed by atoms with Crippen molar-refractivity contribution in [3.05, 3.63) is 6.58 Å². The SMILES string of the molecule is C=C=NC1CCCC1. The van der Waals surface area contributed by atoms with Gasteiger partial charge in [-0.2, -0.15) is 0 Å². The summed E-state index contributed by atoms with van der Waals surface area (Å²) in [6.07, 6.45) is 5.19. The molecule has 1 aliphatic carbocycles. The maximum atomic E-state index is 4.06. The van der Waals surface area contributed by atoms with Crippen LogP contribution in [0.4, 0.5) is 0 Å². The molecular formula is C7H11N. The van der Waals surface area contributed by atoms with Gasteiger partial charge in [0, 0.05) is 0 Å². The molecule has 0 aromatic rings. The molecule has 0 unspecified atom stereocenters. The van der Waals surface area contributed by atoms with Gasteiger partial charge in [0.05, 0.1) is 6.04 Å². The maximum absolute atomic E-state index is 4.06. The van der Waals surface area contributed by atoms with Crippen molar-refractivity contribution in [3.63, 3.8) is 0 Å². The Morgan fingerprint density at radius 1 is 1.38 bits per heavy atom. The molecule has 8 heavy (non-hydrogen) atoms. The van der Waals surface area contributed by atoms with E-state index in [1.807, 2.05) is 0 Å². The van der Waals surface area contributed by atoms with Gasteiger partial charge in [0.25, 0.3) is 0 Å². The predicted molar refractivity (Wildman–Crippen MR) is 35.3 cm³/mol. The molecular weight excluding hydrogens is 98.1 g/mol. The van der Waals surface area contributed by atoms with Gasteiger partial charge >= 0.3 is 0 Å². The fourth-order valence-corrected chi connectivity index (χ4v) is 1.16. The van der Waals surface area contributed by atoms with E-state index >= 15 is 0 Å². The summed E-state index contributed by atoms with van der Waals surface area (Å²) in [7, 11) is 0. The second-order valence-corrected chi connectivity index (χ2v) is 2.23. The standard InChI is InChI=1S/C7H11N/c1-2-8-7-5-3-4-6-7/h7H,1,3-6H2. The molecule has 1 nitrogen and oxygen atoms in total. The van der Waals surface area contributed by atoms with E-state index in [0.717, 1.165) is 0 Å². The van der Waals surface area contributed by atoms with Crippen molar-refractivity contribution in [2.24, 2.45) is 4.99 Å². The molecule has 0 bridgehead atoms. The van der Waals surface area contributed by atoms with Crippen molar-refractivity contribution in [1.29, 1.82) is 0 Å². The van der Waals surface area contributed by atoms with E-state index in [4.69, 9.17) is 0 Å². The van der Waals surface area contributed by atoms with Crippen LogP contribution in [0.15, 0.2) is 11.6 Å². The minimum absolute atomic E-state index is 0.562. The summed E-state index contributed by atoms with van der Waals surface area (Å²) in [5.74, 6) is 2.58. The molecule has 1 saturated carbocycles. The van der Waals surface area contributed by atoms with E-state index in [2.05, 4.69) is 17.4 Å². The lowest BCUT2D eigenvalue weighted by Crippen LogP contribution is -1.92. The van der Waals surface area contributed by atoms with Crippen LogP contribution in [-0.4, -0.2) is 11.9 Å². The molecule has 1 rings (SSSR count). The molecule has 0 saturated heterocycles. The Hall–Kier alpha value is -0.550. The average molecular weight is 109 g/mol. The number of hydrogen-bond donors (Lipinski definition) is 0. The Labute approximate surface area is 50.1 Å². The Kier molecular flexibility index (Phi) is 1.87. The van der Waals surface area contributed by atoms with Crippen molar-refractivity contribution in [2.75, 3.05) is 0 Å². The lowest BCUT2D eigenvalue weighted by atomic mass is 10.3. The van der Waals surface area contributed by atoms with Gasteiger partial charge in [-0.3, -0.25) is 0 Å². The zero-order valence-corrected chi connectivity index (χ0v) is 5.06. The van der Waals surface area contributed by atoms with Gasteiger partial charge in [-0.25, -0.2) is 4.99 Å². The van der Waals surface area contributed by atoms with E-state index in [1.54, 1.807) is 0 Å². The number of hydrogen-bond acceptors (Lipinski definition) is 1. The maximum Gasteiger partial charge on any atom is 0.0593 e. The molecule has 1 fully saturated rings. The summed E-state index contributed by atoms with van der Waals surface area (Å²) in [4.78, 5) is 4.06. The zero-order valence-electron chi connectivity index (χ0n) is 5.06. The van der Waals surface area contributed by atoms with Crippen LogP contribution in [0.1, 0.15) is 25.7 Å². The van der Waals surface area contributed by atoms with Crippen molar-refractivity contribution >= 4 is 5.87 Å². The molecule has 0 N–H and O–H groups in total. The molecule has 0 spiro atoms. The normalized spacial score (nSPS) is 20.5. The highest BCUT2D eigenvalue weighted by Gasteiger charge is 2.11. The summed E-state index contributed by atoms with van der Waals surface area (Å²) >= 11 is 0. The first-order valence-electron chi connectivity index (χ1n) is 3.15. The van der Waals surface area contributed by atoms with Gasteiger partial charge in [0.2, 0.25) is 0 Å². The summed E-state index contributed by atoms with van der Waals surface area (Å²) < 4.78 is 0. The Morgan fingerprint density at radius 3 is 2.50 bits per heavy atom. The zero-order chi connectivity index (χ0) is 5.82. The second kappa shape index (κ2) is 2.68. The van der Waals surface area contributed by atoms with Gasteiger partial charge in [-0.1, -0.05) is 12.8 Å². The highest BCUT2D eigenvalue weighted by atomic mass is 14.8. The van der Waals surface area contributed by atoms with Crippen LogP contribution in [0.25, 0.3) is 0 Å². The number of rotatable bonds is 1. The van der Waals surface area contributed by atoms with Crippen LogP contribution < -0.4 is 0 Å². The van der Waals surface area contributed by atoms with Crippen molar-refractivity contribution in [3.8, 4) is 0 Å². The predicted octanol–water partition coefficient (Wildman–Crippen LogP) is 1.78. The largest absolute Gasteiger partial charge is 0.240 e. The first-order valence-corrected chi connectivity index (χ1v) is 3.15. The van der Waals surface area contributed by atoms with Gasteiger partial charge in [0.1, 0.15) is 0 Å². The highest BCUT2D eigenvalue weighted by Crippen LogP contribution is 2.19. The average Bonchev–Trinajstić information content (AvgIpc) is 2.19. The van der Waals surface area contributed by atoms with E-state index in [9.17, 15) is 0 Å². The third-order valence-electron chi connectivity index (χ3n) is 1.60.